The molecule has 1 aromatic heterocycles. The van der Waals surface area contributed by atoms with Crippen molar-refractivity contribution in [2.45, 2.75) is 18.8 Å². The van der Waals surface area contributed by atoms with Gasteiger partial charge >= 0.3 is 5.97 Å². The van der Waals surface area contributed by atoms with E-state index in [4.69, 9.17) is 0 Å². The van der Waals surface area contributed by atoms with E-state index in [1.807, 2.05) is 36.5 Å². The fourth-order valence-electron chi connectivity index (χ4n) is 1.92. The van der Waals surface area contributed by atoms with E-state index in [1.54, 1.807) is 11.7 Å². The van der Waals surface area contributed by atoms with E-state index in [0.29, 0.717) is 12.8 Å². The van der Waals surface area contributed by atoms with Gasteiger partial charge in [0.15, 0.2) is 0 Å². The van der Waals surface area contributed by atoms with E-state index in [9.17, 15) is 9.90 Å². The van der Waals surface area contributed by atoms with Crippen molar-refractivity contribution in [1.29, 1.82) is 0 Å². The molecule has 5 heteroatoms. The van der Waals surface area contributed by atoms with Gasteiger partial charge in [0.1, 0.15) is 0 Å². The maximum absolute atomic E-state index is 11.3. The van der Waals surface area contributed by atoms with Gasteiger partial charge in [-0.15, -0.1) is 5.10 Å². The predicted octanol–water partition coefficient (Wildman–Crippen LogP) is 1.62. The van der Waals surface area contributed by atoms with Gasteiger partial charge in [0.05, 0.1) is 11.6 Å². The second-order valence-electron chi connectivity index (χ2n) is 4.22. The van der Waals surface area contributed by atoms with Gasteiger partial charge in [0, 0.05) is 13.2 Å². The third-order valence-electron chi connectivity index (χ3n) is 2.84. The number of hydrogen-bond donors (Lipinski definition) is 1. The molecular formula is C13H15N3O2. The Labute approximate surface area is 105 Å². The summed E-state index contributed by atoms with van der Waals surface area (Å²) in [5, 5.41) is 17.1. The number of aromatic nitrogens is 3. The number of carbonyl (C=O) groups is 1. The van der Waals surface area contributed by atoms with Gasteiger partial charge in [0.25, 0.3) is 0 Å². The highest BCUT2D eigenvalue weighted by Crippen LogP contribution is 2.21. The Morgan fingerprint density at radius 3 is 2.67 bits per heavy atom. The van der Waals surface area contributed by atoms with Crippen LogP contribution < -0.4 is 0 Å². The first-order valence-corrected chi connectivity index (χ1v) is 5.80. The summed E-state index contributed by atoms with van der Waals surface area (Å²) in [5.41, 5.74) is 1.65. The van der Waals surface area contributed by atoms with Crippen LogP contribution in [0.5, 0.6) is 0 Å². The lowest BCUT2D eigenvalue weighted by atomic mass is 9.94. The molecule has 0 saturated heterocycles. The van der Waals surface area contributed by atoms with Crippen LogP contribution >= 0.6 is 0 Å². The minimum atomic E-state index is -0.801. The number of benzene rings is 1. The molecular weight excluding hydrogens is 230 g/mol. The third kappa shape index (κ3) is 2.94. The van der Waals surface area contributed by atoms with Gasteiger partial charge in [-0.25, -0.2) is 0 Å². The van der Waals surface area contributed by atoms with Crippen LogP contribution in [0.4, 0.5) is 0 Å². The molecule has 1 atom stereocenters. The lowest BCUT2D eigenvalue weighted by Gasteiger charge is -2.11. The fourth-order valence-corrected chi connectivity index (χ4v) is 1.92. The second kappa shape index (κ2) is 5.44. The molecule has 2 aromatic rings. The van der Waals surface area contributed by atoms with Gasteiger partial charge in [-0.1, -0.05) is 35.5 Å². The molecule has 1 aromatic carbocycles. The average molecular weight is 245 g/mol. The van der Waals surface area contributed by atoms with E-state index in [1.165, 1.54) is 0 Å². The van der Waals surface area contributed by atoms with Crippen molar-refractivity contribution in [3.8, 4) is 0 Å². The van der Waals surface area contributed by atoms with Crippen LogP contribution in [0.1, 0.15) is 23.6 Å². The Balaban J connectivity index is 2.06. The topological polar surface area (TPSA) is 68.0 Å². The molecule has 0 fully saturated rings. The molecule has 1 unspecified atom stereocenters. The number of carboxylic acid groups (broad SMARTS) is 1. The maximum Gasteiger partial charge on any atom is 0.310 e. The second-order valence-corrected chi connectivity index (χ2v) is 4.22. The Morgan fingerprint density at radius 1 is 1.39 bits per heavy atom. The van der Waals surface area contributed by atoms with E-state index in [0.717, 1.165) is 11.3 Å². The van der Waals surface area contributed by atoms with Crippen molar-refractivity contribution < 1.29 is 9.90 Å². The molecule has 2 rings (SSSR count). The number of aliphatic carboxylic acids is 1. The minimum Gasteiger partial charge on any atom is -0.481 e. The van der Waals surface area contributed by atoms with Crippen molar-refractivity contribution in [2.75, 3.05) is 0 Å². The normalized spacial score (nSPS) is 12.3. The van der Waals surface area contributed by atoms with Crippen molar-refractivity contribution in [3.05, 3.63) is 47.8 Å². The Morgan fingerprint density at radius 2 is 2.11 bits per heavy atom. The van der Waals surface area contributed by atoms with Crippen LogP contribution in [-0.4, -0.2) is 26.1 Å². The van der Waals surface area contributed by atoms with E-state index >= 15 is 0 Å². The quantitative estimate of drug-likeness (QED) is 0.869. The first kappa shape index (κ1) is 12.3. The number of carboxylic acids is 1. The van der Waals surface area contributed by atoms with E-state index in [-0.39, 0.29) is 0 Å². The zero-order chi connectivity index (χ0) is 13.0. The summed E-state index contributed by atoms with van der Waals surface area (Å²) in [7, 11) is 1.79. The highest BCUT2D eigenvalue weighted by Gasteiger charge is 2.19. The summed E-state index contributed by atoms with van der Waals surface area (Å²) in [6.45, 7) is 0. The summed E-state index contributed by atoms with van der Waals surface area (Å²) in [4.78, 5) is 11.3. The molecule has 0 aliphatic rings. The lowest BCUT2D eigenvalue weighted by Crippen LogP contribution is -2.12. The zero-order valence-corrected chi connectivity index (χ0v) is 10.2. The molecule has 0 aliphatic heterocycles. The molecule has 0 aliphatic carbocycles. The van der Waals surface area contributed by atoms with Crippen LogP contribution in [-0.2, 0) is 18.3 Å². The van der Waals surface area contributed by atoms with E-state index in [2.05, 4.69) is 10.3 Å². The van der Waals surface area contributed by atoms with Crippen LogP contribution in [0.25, 0.3) is 0 Å². The number of aryl methyl sites for hydroxylation is 2. The van der Waals surface area contributed by atoms with Crippen molar-refractivity contribution >= 4 is 5.97 Å². The average Bonchev–Trinajstić information content (AvgIpc) is 2.76. The molecule has 0 bridgehead atoms. The molecule has 0 spiro atoms. The SMILES string of the molecule is Cn1cc(CCC(C(=O)O)c2ccccc2)nn1. The predicted molar refractivity (Wildman–Crippen MR) is 66.1 cm³/mol. The highest BCUT2D eigenvalue weighted by molar-refractivity contribution is 5.76. The van der Waals surface area contributed by atoms with Crippen LogP contribution in [0.15, 0.2) is 36.5 Å². The van der Waals surface area contributed by atoms with Gasteiger partial charge in [-0.05, 0) is 18.4 Å². The Kier molecular flexibility index (Phi) is 3.72. The van der Waals surface area contributed by atoms with Gasteiger partial charge < -0.3 is 5.11 Å². The van der Waals surface area contributed by atoms with Crippen molar-refractivity contribution in [2.24, 2.45) is 7.05 Å². The number of hydrogen-bond acceptors (Lipinski definition) is 3. The minimum absolute atomic E-state index is 0.492. The Hall–Kier alpha value is -2.17. The molecule has 0 radical (unpaired) electrons. The highest BCUT2D eigenvalue weighted by atomic mass is 16.4. The van der Waals surface area contributed by atoms with Crippen molar-refractivity contribution in [1.82, 2.24) is 15.0 Å². The summed E-state index contributed by atoms with van der Waals surface area (Å²) in [5.74, 6) is -1.29. The lowest BCUT2D eigenvalue weighted by molar-refractivity contribution is -0.138. The molecule has 18 heavy (non-hydrogen) atoms. The molecule has 0 amide bonds. The Bertz CT molecular complexity index is 522. The fraction of sp³-hybridized carbons (Fsp3) is 0.308. The first-order chi connectivity index (χ1) is 8.66. The molecule has 5 nitrogen and oxygen atoms in total. The van der Waals surface area contributed by atoms with Crippen LogP contribution in [0.2, 0.25) is 0 Å². The van der Waals surface area contributed by atoms with Crippen LogP contribution in [0, 0.1) is 0 Å². The van der Waals surface area contributed by atoms with Gasteiger partial charge in [0.2, 0.25) is 0 Å². The maximum atomic E-state index is 11.3. The summed E-state index contributed by atoms with van der Waals surface area (Å²) in [6, 6.07) is 9.27. The van der Waals surface area contributed by atoms with E-state index < -0.39 is 11.9 Å². The van der Waals surface area contributed by atoms with Crippen LogP contribution in [0.3, 0.4) is 0 Å². The molecule has 94 valence electrons. The zero-order valence-electron chi connectivity index (χ0n) is 10.2. The molecule has 0 saturated carbocycles. The first-order valence-electron chi connectivity index (χ1n) is 5.80. The smallest absolute Gasteiger partial charge is 0.310 e. The standard InChI is InChI=1S/C13H15N3O2/c1-16-9-11(14-15-16)7-8-12(13(17)18)10-5-3-2-4-6-10/h2-6,9,12H,7-8H2,1H3,(H,17,18). The molecule has 1 N–H and O–H groups in total. The number of nitrogens with zero attached hydrogens (tertiary/aromatic N) is 3. The summed E-state index contributed by atoms with van der Waals surface area (Å²) >= 11 is 0. The monoisotopic (exact) mass is 245 g/mol. The van der Waals surface area contributed by atoms with Gasteiger partial charge in [-0.2, -0.15) is 0 Å². The molecule has 1 heterocycles. The van der Waals surface area contributed by atoms with Crippen molar-refractivity contribution in [3.63, 3.8) is 0 Å². The van der Waals surface area contributed by atoms with Gasteiger partial charge in [-0.3, -0.25) is 9.48 Å². The summed E-state index contributed by atoms with van der Waals surface area (Å²) < 4.78 is 1.62. The third-order valence-corrected chi connectivity index (χ3v) is 2.84. The number of rotatable bonds is 5. The summed E-state index contributed by atoms with van der Waals surface area (Å²) in [6.07, 6.45) is 2.95. The largest absolute Gasteiger partial charge is 0.481 e.